The first-order chi connectivity index (χ1) is 4.70. The molecule has 2 saturated carbocycles. The van der Waals surface area contributed by atoms with Crippen LogP contribution in [0.1, 0.15) is 19.8 Å². The van der Waals surface area contributed by atoms with Gasteiger partial charge in [0.25, 0.3) is 0 Å². The van der Waals surface area contributed by atoms with E-state index in [4.69, 9.17) is 5.11 Å². The van der Waals surface area contributed by atoms with Crippen LogP contribution in [0.3, 0.4) is 0 Å². The molecular weight excluding hydrogens is 128 g/mol. The van der Waals surface area contributed by atoms with Crippen molar-refractivity contribution in [2.75, 3.05) is 0 Å². The minimum Gasteiger partial charge on any atom is -0.481 e. The Morgan fingerprint density at radius 3 is 2.30 bits per heavy atom. The van der Waals surface area contributed by atoms with Crippen molar-refractivity contribution < 1.29 is 9.90 Å². The highest BCUT2D eigenvalue weighted by Gasteiger charge is 2.54. The standard InChI is InChI=1S/C8H12O2/c1-4-2-5(4)6-3-7(6)8(9)10/h4-7H,2-3H2,1H3,(H,9,10)/t4-,5+,6+,7-/m1/s1. The average Bonchev–Trinajstić information content (AvgIpc) is 2.57. The molecular formula is C8H12O2. The first kappa shape index (κ1) is 6.20. The maximum atomic E-state index is 10.4. The van der Waals surface area contributed by atoms with Crippen LogP contribution in [-0.2, 0) is 4.79 Å². The summed E-state index contributed by atoms with van der Waals surface area (Å²) in [7, 11) is 0. The number of carboxylic acids is 1. The summed E-state index contributed by atoms with van der Waals surface area (Å²) < 4.78 is 0. The van der Waals surface area contributed by atoms with E-state index in [9.17, 15) is 4.79 Å². The molecule has 0 spiro atoms. The van der Waals surface area contributed by atoms with Crippen LogP contribution in [0.4, 0.5) is 0 Å². The number of carboxylic acid groups (broad SMARTS) is 1. The number of carbonyl (C=O) groups is 1. The fraction of sp³-hybridized carbons (Fsp3) is 0.875. The zero-order chi connectivity index (χ0) is 7.30. The predicted octanol–water partition coefficient (Wildman–Crippen LogP) is 1.36. The van der Waals surface area contributed by atoms with Gasteiger partial charge in [0.1, 0.15) is 0 Å². The molecule has 1 N–H and O–H groups in total. The van der Waals surface area contributed by atoms with E-state index in [2.05, 4.69) is 6.92 Å². The van der Waals surface area contributed by atoms with Crippen molar-refractivity contribution in [3.05, 3.63) is 0 Å². The van der Waals surface area contributed by atoms with Gasteiger partial charge in [0, 0.05) is 0 Å². The van der Waals surface area contributed by atoms with E-state index in [0.29, 0.717) is 5.92 Å². The average molecular weight is 140 g/mol. The molecule has 2 rings (SSSR count). The minimum absolute atomic E-state index is 0.0231. The largest absolute Gasteiger partial charge is 0.481 e. The Labute approximate surface area is 60.2 Å². The number of hydrogen-bond donors (Lipinski definition) is 1. The van der Waals surface area contributed by atoms with Gasteiger partial charge in [-0.1, -0.05) is 6.92 Å². The normalized spacial score (nSPS) is 50.5. The van der Waals surface area contributed by atoms with Gasteiger partial charge in [-0.2, -0.15) is 0 Å². The molecule has 0 aromatic heterocycles. The molecule has 10 heavy (non-hydrogen) atoms. The Morgan fingerprint density at radius 2 is 2.00 bits per heavy atom. The predicted molar refractivity (Wildman–Crippen MR) is 36.5 cm³/mol. The smallest absolute Gasteiger partial charge is 0.306 e. The van der Waals surface area contributed by atoms with Crippen LogP contribution in [-0.4, -0.2) is 11.1 Å². The second-order valence-corrected chi connectivity index (χ2v) is 3.72. The van der Waals surface area contributed by atoms with Crippen LogP contribution in [0.15, 0.2) is 0 Å². The summed E-state index contributed by atoms with van der Waals surface area (Å²) >= 11 is 0. The van der Waals surface area contributed by atoms with Gasteiger partial charge in [-0.15, -0.1) is 0 Å². The van der Waals surface area contributed by atoms with Gasteiger partial charge in [0.05, 0.1) is 5.92 Å². The molecule has 0 aromatic carbocycles. The van der Waals surface area contributed by atoms with E-state index < -0.39 is 5.97 Å². The molecule has 0 aliphatic heterocycles. The van der Waals surface area contributed by atoms with Gasteiger partial charge in [-0.05, 0) is 30.6 Å². The fourth-order valence-electron chi connectivity index (χ4n) is 1.92. The van der Waals surface area contributed by atoms with Crippen molar-refractivity contribution in [3.8, 4) is 0 Å². The van der Waals surface area contributed by atoms with Gasteiger partial charge in [0.2, 0.25) is 0 Å². The molecule has 0 unspecified atom stereocenters. The Bertz CT molecular complexity index is 176. The van der Waals surface area contributed by atoms with Crippen molar-refractivity contribution in [2.45, 2.75) is 19.8 Å². The monoisotopic (exact) mass is 140 g/mol. The van der Waals surface area contributed by atoms with Crippen molar-refractivity contribution in [3.63, 3.8) is 0 Å². The number of rotatable bonds is 2. The summed E-state index contributed by atoms with van der Waals surface area (Å²) in [5, 5.41) is 8.59. The highest BCUT2D eigenvalue weighted by Crippen LogP contribution is 2.57. The molecule has 2 heteroatoms. The molecule has 0 aromatic rings. The molecule has 2 aliphatic carbocycles. The summed E-state index contributed by atoms with van der Waals surface area (Å²) in [4.78, 5) is 10.4. The van der Waals surface area contributed by atoms with Crippen LogP contribution in [0.2, 0.25) is 0 Å². The molecule has 0 bridgehead atoms. The first-order valence-corrected chi connectivity index (χ1v) is 3.93. The SMILES string of the molecule is C[C@@H]1C[C@@H]1[C@@H]1C[C@H]1C(=O)O. The topological polar surface area (TPSA) is 37.3 Å². The van der Waals surface area contributed by atoms with E-state index in [1.165, 1.54) is 6.42 Å². The molecule has 0 amide bonds. The number of aliphatic carboxylic acids is 1. The Kier molecular flexibility index (Phi) is 1.08. The second kappa shape index (κ2) is 1.74. The molecule has 0 radical (unpaired) electrons. The molecule has 0 heterocycles. The summed E-state index contributed by atoms with van der Waals surface area (Å²) in [5.74, 6) is 1.57. The van der Waals surface area contributed by atoms with Gasteiger partial charge in [0.15, 0.2) is 0 Å². The molecule has 0 saturated heterocycles. The highest BCUT2D eigenvalue weighted by molar-refractivity contribution is 5.73. The Balaban J connectivity index is 1.85. The maximum Gasteiger partial charge on any atom is 0.306 e. The van der Waals surface area contributed by atoms with Crippen LogP contribution in [0, 0.1) is 23.7 Å². The van der Waals surface area contributed by atoms with Gasteiger partial charge < -0.3 is 5.11 Å². The third-order valence-electron chi connectivity index (χ3n) is 2.88. The third-order valence-corrected chi connectivity index (χ3v) is 2.88. The maximum absolute atomic E-state index is 10.4. The lowest BCUT2D eigenvalue weighted by molar-refractivity contribution is -0.138. The summed E-state index contributed by atoms with van der Waals surface area (Å²) in [6.07, 6.45) is 2.22. The molecule has 2 aliphatic rings. The van der Waals surface area contributed by atoms with Gasteiger partial charge in [-0.25, -0.2) is 0 Å². The van der Waals surface area contributed by atoms with Crippen LogP contribution < -0.4 is 0 Å². The zero-order valence-electron chi connectivity index (χ0n) is 6.08. The van der Waals surface area contributed by atoms with Crippen LogP contribution >= 0.6 is 0 Å². The van der Waals surface area contributed by atoms with E-state index >= 15 is 0 Å². The van der Waals surface area contributed by atoms with Crippen LogP contribution in [0.5, 0.6) is 0 Å². The molecule has 56 valence electrons. The van der Waals surface area contributed by atoms with Crippen molar-refractivity contribution in [1.82, 2.24) is 0 Å². The van der Waals surface area contributed by atoms with E-state index in [1.807, 2.05) is 0 Å². The Morgan fingerprint density at radius 1 is 1.40 bits per heavy atom. The number of hydrogen-bond acceptors (Lipinski definition) is 1. The summed E-state index contributed by atoms with van der Waals surface area (Å²) in [6, 6.07) is 0. The lowest BCUT2D eigenvalue weighted by Gasteiger charge is -1.89. The fourth-order valence-corrected chi connectivity index (χ4v) is 1.92. The highest BCUT2D eigenvalue weighted by atomic mass is 16.4. The van der Waals surface area contributed by atoms with Gasteiger partial charge in [-0.3, -0.25) is 4.79 Å². The molecule has 2 fully saturated rings. The Hall–Kier alpha value is -0.530. The van der Waals surface area contributed by atoms with E-state index in [-0.39, 0.29) is 5.92 Å². The third kappa shape index (κ3) is 0.825. The van der Waals surface area contributed by atoms with Gasteiger partial charge >= 0.3 is 5.97 Å². The van der Waals surface area contributed by atoms with Crippen molar-refractivity contribution in [2.24, 2.45) is 23.7 Å². The van der Waals surface area contributed by atoms with Crippen molar-refractivity contribution >= 4 is 5.97 Å². The lowest BCUT2D eigenvalue weighted by Crippen LogP contribution is -2.00. The zero-order valence-corrected chi connectivity index (χ0v) is 6.08. The first-order valence-electron chi connectivity index (χ1n) is 3.93. The molecule has 4 atom stereocenters. The quantitative estimate of drug-likeness (QED) is 0.628. The van der Waals surface area contributed by atoms with E-state index in [1.54, 1.807) is 0 Å². The van der Waals surface area contributed by atoms with E-state index in [0.717, 1.165) is 18.3 Å². The second-order valence-electron chi connectivity index (χ2n) is 3.72. The minimum atomic E-state index is -0.580. The molecule has 2 nitrogen and oxygen atoms in total. The van der Waals surface area contributed by atoms with Crippen molar-refractivity contribution in [1.29, 1.82) is 0 Å². The lowest BCUT2D eigenvalue weighted by atomic mass is 10.2. The summed E-state index contributed by atoms with van der Waals surface area (Å²) in [6.45, 7) is 2.21. The summed E-state index contributed by atoms with van der Waals surface area (Å²) in [5.41, 5.74) is 0. The van der Waals surface area contributed by atoms with Crippen LogP contribution in [0.25, 0.3) is 0 Å².